The Kier molecular flexibility index (Phi) is 3.58. The summed E-state index contributed by atoms with van der Waals surface area (Å²) in [6.07, 6.45) is -6.03. The average Bonchev–Trinajstić information content (AvgIpc) is 2.24. The maximum atomic E-state index is 12.4. The van der Waals surface area contributed by atoms with Gasteiger partial charge < -0.3 is 5.11 Å². The van der Waals surface area contributed by atoms with E-state index in [1.54, 1.807) is 6.07 Å². The Hall–Kier alpha value is -2.23. The molecule has 0 saturated carbocycles. The van der Waals surface area contributed by atoms with Crippen molar-refractivity contribution in [2.75, 3.05) is 11.4 Å². The highest BCUT2D eigenvalue weighted by molar-refractivity contribution is 5.86. The SMILES string of the molecule is N#CCN(C(=O)O)c1cccc(C(F)(F)F)c1. The Labute approximate surface area is 94.5 Å². The first-order valence-electron chi connectivity index (χ1n) is 4.41. The molecule has 90 valence electrons. The van der Waals surface area contributed by atoms with Crippen molar-refractivity contribution >= 4 is 11.8 Å². The summed E-state index contributed by atoms with van der Waals surface area (Å²) in [4.78, 5) is 11.3. The van der Waals surface area contributed by atoms with Crippen molar-refractivity contribution in [1.82, 2.24) is 0 Å². The van der Waals surface area contributed by atoms with Gasteiger partial charge in [-0.2, -0.15) is 18.4 Å². The van der Waals surface area contributed by atoms with Gasteiger partial charge in [0, 0.05) is 5.69 Å². The van der Waals surface area contributed by atoms with Crippen molar-refractivity contribution < 1.29 is 23.1 Å². The van der Waals surface area contributed by atoms with Gasteiger partial charge in [-0.25, -0.2) is 4.79 Å². The van der Waals surface area contributed by atoms with Crippen LogP contribution in [0.5, 0.6) is 0 Å². The quantitative estimate of drug-likeness (QED) is 0.813. The van der Waals surface area contributed by atoms with E-state index in [0.29, 0.717) is 11.0 Å². The number of carbonyl (C=O) groups is 1. The zero-order chi connectivity index (χ0) is 13.1. The Morgan fingerprint density at radius 2 is 2.12 bits per heavy atom. The lowest BCUT2D eigenvalue weighted by atomic mass is 10.2. The third kappa shape index (κ3) is 3.11. The molecule has 1 amide bonds. The number of alkyl halides is 3. The molecule has 17 heavy (non-hydrogen) atoms. The van der Waals surface area contributed by atoms with Crippen LogP contribution in [-0.2, 0) is 6.18 Å². The van der Waals surface area contributed by atoms with Gasteiger partial charge in [0.15, 0.2) is 0 Å². The molecule has 4 nitrogen and oxygen atoms in total. The van der Waals surface area contributed by atoms with Crippen molar-refractivity contribution in [3.8, 4) is 6.07 Å². The van der Waals surface area contributed by atoms with E-state index in [1.165, 1.54) is 6.07 Å². The number of hydrogen-bond acceptors (Lipinski definition) is 2. The van der Waals surface area contributed by atoms with Gasteiger partial charge in [-0.15, -0.1) is 0 Å². The molecule has 7 heteroatoms. The van der Waals surface area contributed by atoms with Crippen LogP contribution >= 0.6 is 0 Å². The van der Waals surface area contributed by atoms with Crippen LogP contribution in [0.25, 0.3) is 0 Å². The molecule has 0 aliphatic rings. The zero-order valence-electron chi connectivity index (χ0n) is 8.40. The second kappa shape index (κ2) is 4.74. The van der Waals surface area contributed by atoms with E-state index in [9.17, 15) is 18.0 Å². The van der Waals surface area contributed by atoms with Gasteiger partial charge in [0.25, 0.3) is 0 Å². The van der Waals surface area contributed by atoms with Crippen molar-refractivity contribution in [3.63, 3.8) is 0 Å². The van der Waals surface area contributed by atoms with E-state index in [2.05, 4.69) is 0 Å². The van der Waals surface area contributed by atoms with Crippen molar-refractivity contribution in [2.24, 2.45) is 0 Å². The van der Waals surface area contributed by atoms with Gasteiger partial charge in [0.1, 0.15) is 6.54 Å². The molecule has 0 bridgehead atoms. The number of anilines is 1. The summed E-state index contributed by atoms with van der Waals surface area (Å²) >= 11 is 0. The summed E-state index contributed by atoms with van der Waals surface area (Å²) in [6.45, 7) is -0.531. The second-order valence-electron chi connectivity index (χ2n) is 3.07. The maximum Gasteiger partial charge on any atom is 0.416 e. The number of nitrogens with zero attached hydrogens (tertiary/aromatic N) is 2. The third-order valence-corrected chi connectivity index (χ3v) is 1.94. The molecule has 0 heterocycles. The number of benzene rings is 1. The van der Waals surface area contributed by atoms with E-state index in [1.807, 2.05) is 0 Å². The van der Waals surface area contributed by atoms with E-state index in [0.717, 1.165) is 12.1 Å². The van der Waals surface area contributed by atoms with Crippen molar-refractivity contribution in [1.29, 1.82) is 5.26 Å². The summed E-state index contributed by atoms with van der Waals surface area (Å²) < 4.78 is 37.2. The summed E-state index contributed by atoms with van der Waals surface area (Å²) in [5, 5.41) is 17.1. The Balaban J connectivity index is 3.14. The maximum absolute atomic E-state index is 12.4. The normalized spacial score (nSPS) is 10.7. The number of amides is 1. The van der Waals surface area contributed by atoms with E-state index in [4.69, 9.17) is 10.4 Å². The lowest BCUT2D eigenvalue weighted by molar-refractivity contribution is -0.137. The molecule has 0 atom stereocenters. The van der Waals surface area contributed by atoms with Gasteiger partial charge in [0.2, 0.25) is 0 Å². The molecule has 0 aliphatic heterocycles. The fourth-order valence-corrected chi connectivity index (χ4v) is 1.19. The topological polar surface area (TPSA) is 64.3 Å². The largest absolute Gasteiger partial charge is 0.465 e. The predicted molar refractivity (Wildman–Crippen MR) is 52.4 cm³/mol. The first-order chi connectivity index (χ1) is 7.86. The molecule has 1 N–H and O–H groups in total. The predicted octanol–water partition coefficient (Wildman–Crippen LogP) is 2.71. The fraction of sp³-hybridized carbons (Fsp3) is 0.200. The highest BCUT2D eigenvalue weighted by Crippen LogP contribution is 2.31. The van der Waals surface area contributed by atoms with E-state index < -0.39 is 24.4 Å². The van der Waals surface area contributed by atoms with Crippen LogP contribution in [-0.4, -0.2) is 17.7 Å². The third-order valence-electron chi connectivity index (χ3n) is 1.94. The van der Waals surface area contributed by atoms with Crippen LogP contribution in [0.15, 0.2) is 24.3 Å². The van der Waals surface area contributed by atoms with Gasteiger partial charge in [-0.1, -0.05) is 6.07 Å². The van der Waals surface area contributed by atoms with E-state index >= 15 is 0 Å². The van der Waals surface area contributed by atoms with Crippen molar-refractivity contribution in [3.05, 3.63) is 29.8 Å². The smallest absolute Gasteiger partial charge is 0.416 e. The molecule has 0 aromatic heterocycles. The molecule has 1 aromatic rings. The fourth-order valence-electron chi connectivity index (χ4n) is 1.19. The Bertz CT molecular complexity index is 465. The monoisotopic (exact) mass is 244 g/mol. The average molecular weight is 244 g/mol. The van der Waals surface area contributed by atoms with Crippen LogP contribution in [0, 0.1) is 11.3 Å². The van der Waals surface area contributed by atoms with Gasteiger partial charge in [-0.3, -0.25) is 4.90 Å². The molecular formula is C10H7F3N2O2. The molecule has 0 radical (unpaired) electrons. The van der Waals surface area contributed by atoms with Gasteiger partial charge in [0.05, 0.1) is 11.6 Å². The van der Waals surface area contributed by atoms with E-state index in [-0.39, 0.29) is 5.69 Å². The molecule has 0 aliphatic carbocycles. The lowest BCUT2D eigenvalue weighted by Crippen LogP contribution is -2.29. The van der Waals surface area contributed by atoms with Crippen LogP contribution in [0.1, 0.15) is 5.56 Å². The molecule has 0 spiro atoms. The molecule has 0 unspecified atom stereocenters. The highest BCUT2D eigenvalue weighted by Gasteiger charge is 2.31. The first-order valence-corrected chi connectivity index (χ1v) is 4.41. The second-order valence-corrected chi connectivity index (χ2v) is 3.07. The number of rotatable bonds is 2. The number of carboxylic acid groups (broad SMARTS) is 1. The first kappa shape index (κ1) is 12.8. The molecule has 1 aromatic carbocycles. The molecular weight excluding hydrogens is 237 g/mol. The summed E-state index contributed by atoms with van der Waals surface area (Å²) in [6, 6.07) is 5.37. The molecule has 1 rings (SSSR count). The minimum absolute atomic E-state index is 0.186. The van der Waals surface area contributed by atoms with Crippen LogP contribution < -0.4 is 4.90 Å². The minimum atomic E-state index is -4.55. The van der Waals surface area contributed by atoms with Gasteiger partial charge >= 0.3 is 12.3 Å². The number of nitriles is 1. The summed E-state index contributed by atoms with van der Waals surface area (Å²) in [5.74, 6) is 0. The van der Waals surface area contributed by atoms with Crippen LogP contribution in [0.4, 0.5) is 23.7 Å². The minimum Gasteiger partial charge on any atom is -0.465 e. The van der Waals surface area contributed by atoms with Crippen LogP contribution in [0.2, 0.25) is 0 Å². The standard InChI is InChI=1S/C10H7F3N2O2/c11-10(12,13)7-2-1-3-8(6-7)15(5-4-14)9(16)17/h1-3,6H,5H2,(H,16,17). The zero-order valence-corrected chi connectivity index (χ0v) is 8.40. The lowest BCUT2D eigenvalue weighted by Gasteiger charge is -2.17. The Morgan fingerprint density at radius 1 is 1.47 bits per heavy atom. The van der Waals surface area contributed by atoms with Crippen LogP contribution in [0.3, 0.4) is 0 Å². The van der Waals surface area contributed by atoms with Gasteiger partial charge in [-0.05, 0) is 18.2 Å². The summed E-state index contributed by atoms with van der Waals surface area (Å²) in [7, 11) is 0. The molecule has 0 saturated heterocycles. The highest BCUT2D eigenvalue weighted by atomic mass is 19.4. The molecule has 0 fully saturated rings. The number of halogens is 3. The Morgan fingerprint density at radius 3 is 2.59 bits per heavy atom. The number of hydrogen-bond donors (Lipinski definition) is 1. The van der Waals surface area contributed by atoms with Crippen molar-refractivity contribution in [2.45, 2.75) is 6.18 Å². The summed E-state index contributed by atoms with van der Waals surface area (Å²) in [5.41, 5.74) is -1.15.